The lowest BCUT2D eigenvalue weighted by molar-refractivity contribution is 0.0240. The molecule has 0 spiro atoms. The second-order valence-corrected chi connectivity index (χ2v) is 6.15. The van der Waals surface area contributed by atoms with E-state index in [1.54, 1.807) is 4.90 Å². The van der Waals surface area contributed by atoms with Gasteiger partial charge in [0, 0.05) is 32.4 Å². The Morgan fingerprint density at radius 2 is 1.81 bits per heavy atom. The summed E-state index contributed by atoms with van der Waals surface area (Å²) in [6, 6.07) is 4.08. The van der Waals surface area contributed by atoms with Crippen LogP contribution in [0.1, 0.15) is 26.3 Å². The molecule has 1 aromatic heterocycles. The third-order valence-electron chi connectivity index (χ3n) is 3.15. The van der Waals surface area contributed by atoms with Crippen molar-refractivity contribution in [1.82, 2.24) is 9.88 Å². The lowest BCUT2D eigenvalue weighted by Gasteiger charge is -2.36. The number of nitrogens with zero attached hydrogens (tertiary/aromatic N) is 3. The normalized spacial score (nSPS) is 15.4. The second-order valence-electron chi connectivity index (χ2n) is 6.15. The maximum atomic E-state index is 12.0. The van der Waals surface area contributed by atoms with Crippen LogP contribution in [0, 0.1) is 6.92 Å². The van der Waals surface area contributed by atoms with Gasteiger partial charge in [-0.25, -0.2) is 9.78 Å². The fraction of sp³-hybridized carbons (Fsp3) is 0.600. The average Bonchev–Trinajstić information content (AvgIpc) is 2.38. The van der Waals surface area contributed by atoms with Crippen molar-refractivity contribution in [1.29, 1.82) is 0 Å². The van der Waals surface area contributed by atoms with Crippen molar-refractivity contribution in [3.05, 3.63) is 23.9 Å². The summed E-state index contributed by atoms with van der Waals surface area (Å²) in [7, 11) is 0. The number of carbonyl (C=O) groups excluding carboxylic acids is 1. The van der Waals surface area contributed by atoms with Crippen LogP contribution in [0.25, 0.3) is 0 Å². The molecule has 1 saturated heterocycles. The van der Waals surface area contributed by atoms with Crippen LogP contribution >= 0.6 is 12.4 Å². The molecule has 0 N–H and O–H groups in total. The Labute approximate surface area is 132 Å². The van der Waals surface area contributed by atoms with Crippen LogP contribution in [-0.4, -0.2) is 47.8 Å². The van der Waals surface area contributed by atoms with Gasteiger partial charge in [0.25, 0.3) is 0 Å². The quantitative estimate of drug-likeness (QED) is 0.800. The van der Waals surface area contributed by atoms with E-state index in [2.05, 4.69) is 16.0 Å². The number of aromatic nitrogens is 1. The summed E-state index contributed by atoms with van der Waals surface area (Å²) < 4.78 is 5.39. The number of hydrogen-bond acceptors (Lipinski definition) is 4. The van der Waals surface area contributed by atoms with Gasteiger partial charge in [0.15, 0.2) is 0 Å². The molecule has 1 aliphatic heterocycles. The number of aryl methyl sites for hydroxylation is 1. The highest BCUT2D eigenvalue weighted by Crippen LogP contribution is 2.16. The first kappa shape index (κ1) is 17.6. The Balaban J connectivity index is 0.00000220. The molecule has 0 saturated carbocycles. The summed E-state index contributed by atoms with van der Waals surface area (Å²) in [5.41, 5.74) is 0.716. The van der Waals surface area contributed by atoms with Gasteiger partial charge in [0.2, 0.25) is 0 Å². The zero-order valence-electron chi connectivity index (χ0n) is 13.1. The molecular weight excluding hydrogens is 290 g/mol. The zero-order valence-corrected chi connectivity index (χ0v) is 13.9. The van der Waals surface area contributed by atoms with Gasteiger partial charge < -0.3 is 14.5 Å². The molecule has 0 unspecified atom stereocenters. The van der Waals surface area contributed by atoms with Gasteiger partial charge in [-0.05, 0) is 39.3 Å². The van der Waals surface area contributed by atoms with Crippen LogP contribution in [0.4, 0.5) is 10.6 Å². The van der Waals surface area contributed by atoms with Crippen molar-refractivity contribution in [3.63, 3.8) is 0 Å². The molecule has 2 heterocycles. The van der Waals surface area contributed by atoms with Gasteiger partial charge in [-0.3, -0.25) is 0 Å². The lowest BCUT2D eigenvalue weighted by atomic mass is 10.2. The average molecular weight is 314 g/mol. The monoisotopic (exact) mass is 313 g/mol. The van der Waals surface area contributed by atoms with Crippen LogP contribution in [0.2, 0.25) is 0 Å². The molecule has 0 atom stereocenters. The first-order valence-electron chi connectivity index (χ1n) is 7.01. The number of halogens is 1. The molecule has 0 radical (unpaired) electrons. The van der Waals surface area contributed by atoms with Crippen molar-refractivity contribution in [3.8, 4) is 0 Å². The molecule has 0 bridgehead atoms. The minimum absolute atomic E-state index is 0. The SMILES string of the molecule is Cc1ccc(N2CCN(C(=O)OC(C)(C)C)CC2)nc1.Cl. The number of hydrogen-bond donors (Lipinski definition) is 0. The molecule has 0 aliphatic carbocycles. The molecule has 2 rings (SSSR count). The highest BCUT2D eigenvalue weighted by atomic mass is 35.5. The first-order chi connectivity index (χ1) is 9.35. The maximum absolute atomic E-state index is 12.0. The third-order valence-corrected chi connectivity index (χ3v) is 3.15. The Bertz CT molecular complexity index is 463. The van der Waals surface area contributed by atoms with E-state index in [0.717, 1.165) is 24.5 Å². The fourth-order valence-electron chi connectivity index (χ4n) is 2.09. The summed E-state index contributed by atoms with van der Waals surface area (Å²) in [5, 5.41) is 0. The number of carbonyl (C=O) groups is 1. The standard InChI is InChI=1S/C15H23N3O2.ClH/c1-12-5-6-13(16-11-12)17-7-9-18(10-8-17)14(19)20-15(2,3)4;/h5-6,11H,7-10H2,1-4H3;1H. The molecule has 1 aromatic rings. The molecular formula is C15H24ClN3O2. The Kier molecular flexibility index (Phi) is 5.84. The van der Waals surface area contributed by atoms with Crippen molar-refractivity contribution >= 4 is 24.3 Å². The van der Waals surface area contributed by atoms with E-state index in [0.29, 0.717) is 13.1 Å². The Morgan fingerprint density at radius 3 is 2.29 bits per heavy atom. The number of ether oxygens (including phenoxy) is 1. The van der Waals surface area contributed by atoms with E-state index in [4.69, 9.17) is 4.74 Å². The fourth-order valence-corrected chi connectivity index (χ4v) is 2.09. The largest absolute Gasteiger partial charge is 0.444 e. The van der Waals surface area contributed by atoms with E-state index >= 15 is 0 Å². The van der Waals surface area contributed by atoms with Crippen molar-refractivity contribution in [2.75, 3.05) is 31.1 Å². The number of amides is 1. The van der Waals surface area contributed by atoms with Crippen LogP contribution in [0.5, 0.6) is 0 Å². The molecule has 1 amide bonds. The van der Waals surface area contributed by atoms with Crippen molar-refractivity contribution in [2.45, 2.75) is 33.3 Å². The van der Waals surface area contributed by atoms with Crippen molar-refractivity contribution < 1.29 is 9.53 Å². The lowest BCUT2D eigenvalue weighted by Crippen LogP contribution is -2.50. The minimum atomic E-state index is -0.438. The predicted molar refractivity (Wildman–Crippen MR) is 86.2 cm³/mol. The maximum Gasteiger partial charge on any atom is 0.410 e. The van der Waals surface area contributed by atoms with Gasteiger partial charge in [-0.2, -0.15) is 0 Å². The van der Waals surface area contributed by atoms with E-state index < -0.39 is 5.60 Å². The molecule has 118 valence electrons. The molecule has 6 heteroatoms. The Morgan fingerprint density at radius 1 is 1.19 bits per heavy atom. The van der Waals surface area contributed by atoms with E-state index in [-0.39, 0.29) is 18.5 Å². The smallest absolute Gasteiger partial charge is 0.410 e. The molecule has 5 nitrogen and oxygen atoms in total. The zero-order chi connectivity index (χ0) is 14.8. The van der Waals surface area contributed by atoms with E-state index in [9.17, 15) is 4.79 Å². The van der Waals surface area contributed by atoms with Crippen LogP contribution in [0.15, 0.2) is 18.3 Å². The molecule has 0 aromatic carbocycles. The summed E-state index contributed by atoms with van der Waals surface area (Å²) in [4.78, 5) is 20.3. The van der Waals surface area contributed by atoms with Crippen LogP contribution in [-0.2, 0) is 4.74 Å². The summed E-state index contributed by atoms with van der Waals surface area (Å²) in [6.45, 7) is 10.6. The van der Waals surface area contributed by atoms with Gasteiger partial charge in [0.05, 0.1) is 0 Å². The highest BCUT2D eigenvalue weighted by Gasteiger charge is 2.26. The van der Waals surface area contributed by atoms with Crippen LogP contribution in [0.3, 0.4) is 0 Å². The number of pyridine rings is 1. The molecule has 1 aliphatic rings. The number of anilines is 1. The van der Waals surface area contributed by atoms with Gasteiger partial charge in [-0.15, -0.1) is 12.4 Å². The molecule has 21 heavy (non-hydrogen) atoms. The van der Waals surface area contributed by atoms with E-state index in [1.165, 1.54) is 0 Å². The summed E-state index contributed by atoms with van der Waals surface area (Å²) in [5.74, 6) is 0.972. The van der Waals surface area contributed by atoms with E-state index in [1.807, 2.05) is 40.0 Å². The Hall–Kier alpha value is -1.49. The number of piperazine rings is 1. The second kappa shape index (κ2) is 6.98. The van der Waals surface area contributed by atoms with Crippen molar-refractivity contribution in [2.24, 2.45) is 0 Å². The van der Waals surface area contributed by atoms with Gasteiger partial charge >= 0.3 is 6.09 Å². The highest BCUT2D eigenvalue weighted by molar-refractivity contribution is 5.85. The predicted octanol–water partition coefficient (Wildman–Crippen LogP) is 2.87. The van der Waals surface area contributed by atoms with Gasteiger partial charge in [-0.1, -0.05) is 6.07 Å². The molecule has 1 fully saturated rings. The minimum Gasteiger partial charge on any atom is -0.444 e. The summed E-state index contributed by atoms with van der Waals surface area (Å²) >= 11 is 0. The third kappa shape index (κ3) is 5.08. The first-order valence-corrected chi connectivity index (χ1v) is 7.01. The van der Waals surface area contributed by atoms with Crippen LogP contribution < -0.4 is 4.90 Å². The number of rotatable bonds is 1. The topological polar surface area (TPSA) is 45.7 Å². The summed E-state index contributed by atoms with van der Waals surface area (Å²) in [6.07, 6.45) is 1.64. The van der Waals surface area contributed by atoms with Gasteiger partial charge in [0.1, 0.15) is 11.4 Å².